The van der Waals surface area contributed by atoms with E-state index in [-0.39, 0.29) is 22.6 Å². The third-order valence-corrected chi connectivity index (χ3v) is 2.48. The van der Waals surface area contributed by atoms with E-state index in [4.69, 9.17) is 9.63 Å². The molecule has 6 heteroatoms. The van der Waals surface area contributed by atoms with E-state index in [0.29, 0.717) is 6.42 Å². The Hall–Kier alpha value is -2.24. The van der Waals surface area contributed by atoms with E-state index in [1.54, 1.807) is 6.92 Å². The number of aromatic nitrogens is 1. The van der Waals surface area contributed by atoms with Gasteiger partial charge in [-0.1, -0.05) is 12.1 Å². The number of aryl methyl sites for hydroxylation is 1. The second-order valence-corrected chi connectivity index (χ2v) is 3.61. The van der Waals surface area contributed by atoms with Crippen LogP contribution >= 0.6 is 0 Å². The summed E-state index contributed by atoms with van der Waals surface area (Å²) in [5.41, 5.74) is -0.658. The molecule has 0 saturated heterocycles. The molecule has 94 valence electrons. The molecule has 1 aromatic carbocycles. The number of nitrogens with zero attached hydrogens (tertiary/aromatic N) is 1. The molecule has 0 unspecified atom stereocenters. The molecule has 1 aromatic heterocycles. The summed E-state index contributed by atoms with van der Waals surface area (Å²) in [4.78, 5) is 11.1. The Morgan fingerprint density at radius 3 is 2.78 bits per heavy atom. The van der Waals surface area contributed by atoms with Crippen molar-refractivity contribution in [1.82, 2.24) is 5.16 Å². The largest absolute Gasteiger partial charge is 0.477 e. The first-order chi connectivity index (χ1) is 8.54. The molecule has 0 aliphatic heterocycles. The fraction of sp³-hybridized carbons (Fsp3) is 0.167. The van der Waals surface area contributed by atoms with Gasteiger partial charge in [0.15, 0.2) is 5.76 Å². The van der Waals surface area contributed by atoms with Crippen LogP contribution in [0.25, 0.3) is 11.3 Å². The van der Waals surface area contributed by atoms with Crippen LogP contribution in [0.2, 0.25) is 0 Å². The van der Waals surface area contributed by atoms with Crippen LogP contribution in [-0.4, -0.2) is 16.2 Å². The van der Waals surface area contributed by atoms with Gasteiger partial charge in [-0.15, -0.1) is 0 Å². The first-order valence-corrected chi connectivity index (χ1v) is 5.21. The van der Waals surface area contributed by atoms with Gasteiger partial charge >= 0.3 is 5.97 Å². The summed E-state index contributed by atoms with van der Waals surface area (Å²) in [5, 5.41) is 12.6. The normalized spacial score (nSPS) is 10.6. The molecule has 1 N–H and O–H groups in total. The van der Waals surface area contributed by atoms with E-state index in [0.717, 1.165) is 18.2 Å². The molecular formula is C12H9F2NO3. The lowest BCUT2D eigenvalue weighted by Gasteiger charge is -2.01. The Morgan fingerprint density at radius 2 is 2.17 bits per heavy atom. The van der Waals surface area contributed by atoms with Crippen LogP contribution < -0.4 is 0 Å². The highest BCUT2D eigenvalue weighted by molar-refractivity contribution is 5.95. The molecule has 0 radical (unpaired) electrons. The van der Waals surface area contributed by atoms with Gasteiger partial charge in [0.05, 0.1) is 0 Å². The number of carbonyl (C=O) groups is 1. The molecule has 0 bridgehead atoms. The Labute approximate surface area is 101 Å². The summed E-state index contributed by atoms with van der Waals surface area (Å²) < 4.78 is 31.5. The minimum Gasteiger partial charge on any atom is -0.477 e. The van der Waals surface area contributed by atoms with Crippen molar-refractivity contribution in [2.24, 2.45) is 0 Å². The number of hydrogen-bond acceptors (Lipinski definition) is 3. The van der Waals surface area contributed by atoms with Crippen LogP contribution in [0, 0.1) is 11.6 Å². The first kappa shape index (κ1) is 12.2. The molecule has 0 atom stereocenters. The molecular weight excluding hydrogens is 244 g/mol. The van der Waals surface area contributed by atoms with E-state index < -0.39 is 17.6 Å². The molecule has 1 heterocycles. The summed E-state index contributed by atoms with van der Waals surface area (Å²) in [6.45, 7) is 1.68. The minimum atomic E-state index is -1.29. The van der Waals surface area contributed by atoms with Gasteiger partial charge in [0.25, 0.3) is 0 Å². The van der Waals surface area contributed by atoms with Gasteiger partial charge in [-0.3, -0.25) is 0 Å². The zero-order valence-electron chi connectivity index (χ0n) is 9.41. The van der Waals surface area contributed by atoms with E-state index in [1.807, 2.05) is 0 Å². The fourth-order valence-electron chi connectivity index (χ4n) is 1.65. The Bertz CT molecular complexity index is 607. The van der Waals surface area contributed by atoms with Crippen molar-refractivity contribution in [1.29, 1.82) is 0 Å². The number of hydrogen-bond donors (Lipinski definition) is 1. The van der Waals surface area contributed by atoms with Gasteiger partial charge in [-0.25, -0.2) is 13.6 Å². The highest BCUT2D eigenvalue weighted by atomic mass is 19.1. The van der Waals surface area contributed by atoms with Gasteiger partial charge in [-0.05, 0) is 18.2 Å². The molecule has 0 aliphatic rings. The molecule has 0 saturated carbocycles. The number of carboxylic acid groups (broad SMARTS) is 1. The quantitative estimate of drug-likeness (QED) is 0.913. The van der Waals surface area contributed by atoms with Crippen molar-refractivity contribution < 1.29 is 23.2 Å². The lowest BCUT2D eigenvalue weighted by Crippen LogP contribution is -2.01. The average molecular weight is 253 g/mol. The SMILES string of the molecule is CCc1onc(-c2cc(F)ccc2F)c1C(=O)O. The minimum absolute atomic E-state index is 0.126. The fourth-order valence-corrected chi connectivity index (χ4v) is 1.65. The third-order valence-electron chi connectivity index (χ3n) is 2.48. The number of carboxylic acids is 1. The van der Waals surface area contributed by atoms with Gasteiger partial charge in [0.1, 0.15) is 22.9 Å². The lowest BCUT2D eigenvalue weighted by atomic mass is 10.0. The van der Waals surface area contributed by atoms with Crippen molar-refractivity contribution in [3.63, 3.8) is 0 Å². The smallest absolute Gasteiger partial charge is 0.341 e. The van der Waals surface area contributed by atoms with Crippen molar-refractivity contribution in [3.8, 4) is 11.3 Å². The maximum atomic E-state index is 13.6. The van der Waals surface area contributed by atoms with Crippen LogP contribution in [0.4, 0.5) is 8.78 Å². The Morgan fingerprint density at radius 1 is 1.44 bits per heavy atom. The maximum absolute atomic E-state index is 13.6. The second-order valence-electron chi connectivity index (χ2n) is 3.61. The van der Waals surface area contributed by atoms with Gasteiger partial charge in [0, 0.05) is 12.0 Å². The number of benzene rings is 1. The maximum Gasteiger partial charge on any atom is 0.341 e. The van der Waals surface area contributed by atoms with E-state index in [1.165, 1.54) is 0 Å². The zero-order chi connectivity index (χ0) is 13.3. The molecule has 4 nitrogen and oxygen atoms in total. The van der Waals surface area contributed by atoms with Crippen LogP contribution in [-0.2, 0) is 6.42 Å². The van der Waals surface area contributed by atoms with Crippen molar-refractivity contribution >= 4 is 5.97 Å². The third kappa shape index (κ3) is 1.97. The van der Waals surface area contributed by atoms with Gasteiger partial charge in [0.2, 0.25) is 0 Å². The summed E-state index contributed by atoms with van der Waals surface area (Å²) in [6, 6.07) is 2.75. The van der Waals surface area contributed by atoms with Crippen molar-refractivity contribution in [2.75, 3.05) is 0 Å². The lowest BCUT2D eigenvalue weighted by molar-refractivity contribution is 0.0695. The summed E-state index contributed by atoms with van der Waals surface area (Å²) >= 11 is 0. The van der Waals surface area contributed by atoms with Crippen LogP contribution in [0.15, 0.2) is 22.7 Å². The van der Waals surface area contributed by atoms with E-state index in [9.17, 15) is 13.6 Å². The highest BCUT2D eigenvalue weighted by Crippen LogP contribution is 2.28. The first-order valence-electron chi connectivity index (χ1n) is 5.21. The average Bonchev–Trinajstić information content (AvgIpc) is 2.75. The van der Waals surface area contributed by atoms with Crippen molar-refractivity contribution in [2.45, 2.75) is 13.3 Å². The van der Waals surface area contributed by atoms with Crippen molar-refractivity contribution in [3.05, 3.63) is 41.2 Å². The van der Waals surface area contributed by atoms with Crippen LogP contribution in [0.3, 0.4) is 0 Å². The predicted octanol–water partition coefficient (Wildman–Crippen LogP) is 2.88. The Balaban J connectivity index is 2.67. The summed E-state index contributed by atoms with van der Waals surface area (Å²) in [7, 11) is 0. The molecule has 0 aliphatic carbocycles. The Kier molecular flexibility index (Phi) is 3.10. The monoisotopic (exact) mass is 253 g/mol. The number of aromatic carboxylic acids is 1. The molecule has 0 amide bonds. The second kappa shape index (κ2) is 4.56. The van der Waals surface area contributed by atoms with E-state index in [2.05, 4.69) is 5.16 Å². The standard InChI is InChI=1S/C12H9F2NO3/c1-2-9-10(12(16)17)11(15-18-9)7-5-6(13)3-4-8(7)14/h3-5H,2H2,1H3,(H,16,17). The topological polar surface area (TPSA) is 63.3 Å². The van der Waals surface area contributed by atoms with Crippen LogP contribution in [0.1, 0.15) is 23.0 Å². The van der Waals surface area contributed by atoms with E-state index >= 15 is 0 Å². The molecule has 0 spiro atoms. The molecule has 0 fully saturated rings. The van der Waals surface area contributed by atoms with Gasteiger partial charge in [-0.2, -0.15) is 0 Å². The molecule has 2 aromatic rings. The zero-order valence-corrected chi connectivity index (χ0v) is 9.41. The molecule has 18 heavy (non-hydrogen) atoms. The number of rotatable bonds is 3. The summed E-state index contributed by atoms with van der Waals surface area (Å²) in [5.74, 6) is -2.59. The van der Waals surface area contributed by atoms with Gasteiger partial charge < -0.3 is 9.63 Å². The summed E-state index contributed by atoms with van der Waals surface area (Å²) in [6.07, 6.45) is 0.297. The van der Waals surface area contributed by atoms with Crippen LogP contribution in [0.5, 0.6) is 0 Å². The number of halogens is 2. The highest BCUT2D eigenvalue weighted by Gasteiger charge is 2.24. The molecule has 2 rings (SSSR count). The predicted molar refractivity (Wildman–Crippen MR) is 58.2 cm³/mol.